The number of rotatable bonds is 4. The lowest BCUT2D eigenvalue weighted by atomic mass is 9.83. The van der Waals surface area contributed by atoms with Gasteiger partial charge in [-0.2, -0.15) is 0 Å². The molecular formula is C14H22N2O2. The zero-order chi connectivity index (χ0) is 13.8. The number of carbonyl (C=O) groups excluding carboxylic acids is 1. The molecule has 0 saturated heterocycles. The maximum absolute atomic E-state index is 11.4. The summed E-state index contributed by atoms with van der Waals surface area (Å²) in [6.45, 7) is 6.24. The Balaban J connectivity index is 2.78. The first-order valence-corrected chi connectivity index (χ1v) is 6.10. The Morgan fingerprint density at radius 3 is 2.33 bits per heavy atom. The number of nitrogens with two attached hydrogens (primary N) is 1. The molecule has 4 N–H and O–H groups in total. The molecule has 0 aromatic heterocycles. The summed E-state index contributed by atoms with van der Waals surface area (Å²) >= 11 is 0. The van der Waals surface area contributed by atoms with E-state index in [1.54, 1.807) is 12.1 Å². The average molecular weight is 250 g/mol. The molecule has 1 aromatic rings. The number of benzene rings is 1. The van der Waals surface area contributed by atoms with Crippen molar-refractivity contribution in [2.45, 2.75) is 33.2 Å². The van der Waals surface area contributed by atoms with E-state index in [-0.39, 0.29) is 29.7 Å². The fraction of sp³-hybridized carbons (Fsp3) is 0.500. The third-order valence-electron chi connectivity index (χ3n) is 2.94. The van der Waals surface area contributed by atoms with E-state index in [2.05, 4.69) is 26.1 Å². The molecule has 0 aliphatic rings. The molecule has 0 aliphatic heterocycles. The molecule has 1 amide bonds. The summed E-state index contributed by atoms with van der Waals surface area (Å²) in [5, 5.41) is 12.2. The van der Waals surface area contributed by atoms with Gasteiger partial charge in [0.15, 0.2) is 0 Å². The normalized spacial score (nSPS) is 13.1. The summed E-state index contributed by atoms with van der Waals surface area (Å²) in [4.78, 5) is 11.4. The Bertz CT molecular complexity index is 393. The number of amides is 1. The highest BCUT2D eigenvalue weighted by Crippen LogP contribution is 2.23. The summed E-state index contributed by atoms with van der Waals surface area (Å²) in [5.41, 5.74) is 6.35. The molecule has 1 atom stereocenters. The van der Waals surface area contributed by atoms with Gasteiger partial charge < -0.3 is 16.2 Å². The number of hydrogen-bond acceptors (Lipinski definition) is 3. The van der Waals surface area contributed by atoms with Crippen LogP contribution in [0.3, 0.4) is 0 Å². The minimum Gasteiger partial charge on any atom is -0.508 e. The van der Waals surface area contributed by atoms with Crippen molar-refractivity contribution in [3.63, 3.8) is 0 Å². The van der Waals surface area contributed by atoms with E-state index in [1.165, 1.54) is 0 Å². The zero-order valence-corrected chi connectivity index (χ0v) is 11.2. The van der Waals surface area contributed by atoms with Gasteiger partial charge in [-0.25, -0.2) is 0 Å². The second-order valence-corrected chi connectivity index (χ2v) is 5.56. The first kappa shape index (κ1) is 14.5. The van der Waals surface area contributed by atoms with Gasteiger partial charge in [0.05, 0.1) is 6.54 Å². The van der Waals surface area contributed by atoms with Gasteiger partial charge in [-0.05, 0) is 29.5 Å². The van der Waals surface area contributed by atoms with Crippen molar-refractivity contribution < 1.29 is 9.90 Å². The van der Waals surface area contributed by atoms with E-state index in [1.807, 2.05) is 12.1 Å². The van der Waals surface area contributed by atoms with Gasteiger partial charge in [-0.3, -0.25) is 4.79 Å². The first-order chi connectivity index (χ1) is 8.32. The quantitative estimate of drug-likeness (QED) is 0.756. The van der Waals surface area contributed by atoms with E-state index in [0.29, 0.717) is 0 Å². The van der Waals surface area contributed by atoms with E-state index in [9.17, 15) is 9.90 Å². The minimum atomic E-state index is -0.145. The highest BCUT2D eigenvalue weighted by atomic mass is 16.3. The Morgan fingerprint density at radius 2 is 1.89 bits per heavy atom. The second-order valence-electron chi connectivity index (χ2n) is 5.56. The van der Waals surface area contributed by atoms with Crippen molar-refractivity contribution in [3.8, 4) is 5.75 Å². The predicted octanol–water partition coefficient (Wildman–Crippen LogP) is 1.42. The van der Waals surface area contributed by atoms with Crippen LogP contribution in [0.2, 0.25) is 0 Å². The van der Waals surface area contributed by atoms with E-state index >= 15 is 0 Å². The van der Waals surface area contributed by atoms with Crippen LogP contribution in [0.4, 0.5) is 0 Å². The molecule has 100 valence electrons. The summed E-state index contributed by atoms with van der Waals surface area (Å²) in [7, 11) is 0. The number of aromatic hydroxyl groups is 1. The van der Waals surface area contributed by atoms with Gasteiger partial charge in [0.25, 0.3) is 0 Å². The number of hydrogen-bond donors (Lipinski definition) is 3. The minimum absolute atomic E-state index is 0.00214. The molecular weight excluding hydrogens is 228 g/mol. The van der Waals surface area contributed by atoms with Crippen LogP contribution in [0.5, 0.6) is 5.75 Å². The topological polar surface area (TPSA) is 75.3 Å². The first-order valence-electron chi connectivity index (χ1n) is 6.10. The van der Waals surface area contributed by atoms with Crippen molar-refractivity contribution in [3.05, 3.63) is 29.8 Å². The maximum Gasteiger partial charge on any atom is 0.233 e. The SMILES string of the molecule is CC(C)(C)C(Cc1ccc(O)cc1)NC(=O)CN. The van der Waals surface area contributed by atoms with Gasteiger partial charge in [-0.15, -0.1) is 0 Å². The van der Waals surface area contributed by atoms with Gasteiger partial charge >= 0.3 is 0 Å². The lowest BCUT2D eigenvalue weighted by Crippen LogP contribution is -2.47. The van der Waals surface area contributed by atoms with Gasteiger partial charge in [0.1, 0.15) is 5.75 Å². The standard InChI is InChI=1S/C14H22N2O2/c1-14(2,3)12(16-13(18)9-15)8-10-4-6-11(17)7-5-10/h4-7,12,17H,8-9,15H2,1-3H3,(H,16,18). The predicted molar refractivity (Wildman–Crippen MR) is 72.3 cm³/mol. The lowest BCUT2D eigenvalue weighted by Gasteiger charge is -2.31. The van der Waals surface area contributed by atoms with Gasteiger partial charge in [0.2, 0.25) is 5.91 Å². The molecule has 1 aromatic carbocycles. The van der Waals surface area contributed by atoms with E-state index in [0.717, 1.165) is 12.0 Å². The van der Waals surface area contributed by atoms with Crippen molar-refractivity contribution in [1.29, 1.82) is 0 Å². The number of nitrogens with one attached hydrogen (secondary N) is 1. The van der Waals surface area contributed by atoms with E-state index < -0.39 is 0 Å². The largest absolute Gasteiger partial charge is 0.508 e. The molecule has 1 rings (SSSR count). The van der Waals surface area contributed by atoms with Crippen molar-refractivity contribution in [1.82, 2.24) is 5.32 Å². The summed E-state index contributed by atoms with van der Waals surface area (Å²) in [6.07, 6.45) is 0.718. The monoisotopic (exact) mass is 250 g/mol. The fourth-order valence-corrected chi connectivity index (χ4v) is 1.69. The molecule has 0 radical (unpaired) electrons. The summed E-state index contributed by atoms with van der Waals surface area (Å²) in [6, 6.07) is 7.04. The summed E-state index contributed by atoms with van der Waals surface area (Å²) in [5.74, 6) is 0.103. The molecule has 18 heavy (non-hydrogen) atoms. The lowest BCUT2D eigenvalue weighted by molar-refractivity contribution is -0.121. The Morgan fingerprint density at radius 1 is 1.33 bits per heavy atom. The van der Waals surface area contributed by atoms with Gasteiger partial charge in [0, 0.05) is 6.04 Å². The van der Waals surface area contributed by atoms with Gasteiger partial charge in [-0.1, -0.05) is 32.9 Å². The zero-order valence-electron chi connectivity index (χ0n) is 11.2. The number of carbonyl (C=O) groups is 1. The number of phenols is 1. The molecule has 1 unspecified atom stereocenters. The van der Waals surface area contributed by atoms with Crippen LogP contribution in [-0.4, -0.2) is 23.6 Å². The van der Waals surface area contributed by atoms with Crippen molar-refractivity contribution in [2.75, 3.05) is 6.54 Å². The van der Waals surface area contributed by atoms with Crippen molar-refractivity contribution in [2.24, 2.45) is 11.1 Å². The molecule has 0 heterocycles. The van der Waals surface area contributed by atoms with E-state index in [4.69, 9.17) is 5.73 Å². The Hall–Kier alpha value is -1.55. The van der Waals surface area contributed by atoms with Crippen LogP contribution in [0.25, 0.3) is 0 Å². The third kappa shape index (κ3) is 4.37. The number of phenolic OH excluding ortho intramolecular Hbond substituents is 1. The van der Waals surface area contributed by atoms with Crippen LogP contribution in [0.15, 0.2) is 24.3 Å². The Labute approximate surface area is 108 Å². The van der Waals surface area contributed by atoms with Crippen LogP contribution in [-0.2, 0) is 11.2 Å². The van der Waals surface area contributed by atoms with Crippen molar-refractivity contribution >= 4 is 5.91 Å². The molecule has 4 nitrogen and oxygen atoms in total. The highest BCUT2D eigenvalue weighted by molar-refractivity contribution is 5.78. The average Bonchev–Trinajstić information content (AvgIpc) is 2.29. The second kappa shape index (κ2) is 5.87. The third-order valence-corrected chi connectivity index (χ3v) is 2.94. The molecule has 0 aliphatic carbocycles. The van der Waals surface area contributed by atoms with Crippen LogP contribution in [0, 0.1) is 5.41 Å². The van der Waals surface area contributed by atoms with Crippen LogP contribution < -0.4 is 11.1 Å². The molecule has 0 fully saturated rings. The fourth-order valence-electron chi connectivity index (χ4n) is 1.69. The molecule has 0 bridgehead atoms. The Kier molecular flexibility index (Phi) is 4.73. The highest BCUT2D eigenvalue weighted by Gasteiger charge is 2.26. The molecule has 4 heteroatoms. The van der Waals surface area contributed by atoms with Crippen LogP contribution >= 0.6 is 0 Å². The summed E-state index contributed by atoms with van der Waals surface area (Å²) < 4.78 is 0. The van der Waals surface area contributed by atoms with Crippen LogP contribution in [0.1, 0.15) is 26.3 Å². The maximum atomic E-state index is 11.4. The smallest absolute Gasteiger partial charge is 0.233 e. The molecule has 0 spiro atoms. The molecule has 0 saturated carbocycles.